The minimum Gasteiger partial charge on any atom is -0.360 e. The molecule has 0 spiro atoms. The highest BCUT2D eigenvalue weighted by atomic mass is 16.5. The molecule has 1 amide bonds. The maximum Gasteiger partial charge on any atom is 0.257 e. The second-order valence-corrected chi connectivity index (χ2v) is 5.22. The topological polar surface area (TPSA) is 97.9 Å². The third kappa shape index (κ3) is 3.27. The van der Waals surface area contributed by atoms with Gasteiger partial charge in [0.25, 0.3) is 5.91 Å². The summed E-state index contributed by atoms with van der Waals surface area (Å²) >= 11 is 0. The van der Waals surface area contributed by atoms with Gasteiger partial charge in [-0.1, -0.05) is 35.5 Å². The highest BCUT2D eigenvalue weighted by Gasteiger charge is 2.21. The average molecular weight is 326 g/mol. The number of aryl methyl sites for hydroxylation is 2. The van der Waals surface area contributed by atoms with Gasteiger partial charge in [0.15, 0.2) is 0 Å². The van der Waals surface area contributed by atoms with Gasteiger partial charge >= 0.3 is 0 Å². The highest BCUT2D eigenvalue weighted by Crippen LogP contribution is 2.24. The molecule has 2 heterocycles. The van der Waals surface area contributed by atoms with Crippen molar-refractivity contribution in [2.75, 3.05) is 18.4 Å². The van der Waals surface area contributed by atoms with Gasteiger partial charge in [-0.05, 0) is 6.92 Å². The van der Waals surface area contributed by atoms with Gasteiger partial charge in [-0.2, -0.15) is 10.1 Å². The summed E-state index contributed by atoms with van der Waals surface area (Å²) in [6.45, 7) is 2.69. The van der Waals surface area contributed by atoms with Gasteiger partial charge in [0.2, 0.25) is 5.95 Å². The lowest BCUT2D eigenvalue weighted by Crippen LogP contribution is -2.29. The quantitative estimate of drug-likeness (QED) is 0.668. The van der Waals surface area contributed by atoms with E-state index in [2.05, 4.69) is 25.9 Å². The van der Waals surface area contributed by atoms with E-state index in [1.807, 2.05) is 30.3 Å². The minimum absolute atomic E-state index is 0.215. The fourth-order valence-electron chi connectivity index (χ4n) is 2.33. The van der Waals surface area contributed by atoms with E-state index in [-0.39, 0.29) is 5.91 Å². The predicted octanol–water partition coefficient (Wildman–Crippen LogP) is 1.62. The fraction of sp³-hybridized carbons (Fsp3) is 0.250. The monoisotopic (exact) mass is 326 g/mol. The molecular formula is C16H18N6O2. The van der Waals surface area contributed by atoms with Crippen LogP contribution in [0.1, 0.15) is 16.1 Å². The molecule has 8 heteroatoms. The Labute approximate surface area is 138 Å². The molecule has 2 N–H and O–H groups in total. The van der Waals surface area contributed by atoms with Crippen LogP contribution in [0.4, 0.5) is 5.95 Å². The molecule has 1 aromatic carbocycles. The minimum atomic E-state index is -0.215. The van der Waals surface area contributed by atoms with Crippen molar-refractivity contribution in [1.29, 1.82) is 0 Å². The number of anilines is 1. The first kappa shape index (κ1) is 15.7. The van der Waals surface area contributed by atoms with E-state index in [0.717, 1.165) is 5.56 Å². The summed E-state index contributed by atoms with van der Waals surface area (Å²) in [4.78, 5) is 16.5. The van der Waals surface area contributed by atoms with Crippen molar-refractivity contribution < 1.29 is 9.32 Å². The Hall–Kier alpha value is -3.16. The van der Waals surface area contributed by atoms with E-state index in [0.29, 0.717) is 36.1 Å². The van der Waals surface area contributed by atoms with Crippen LogP contribution in [0, 0.1) is 6.92 Å². The van der Waals surface area contributed by atoms with Gasteiger partial charge in [-0.25, -0.2) is 4.68 Å². The highest BCUT2D eigenvalue weighted by molar-refractivity contribution is 6.00. The molecule has 0 saturated heterocycles. The summed E-state index contributed by atoms with van der Waals surface area (Å²) in [5.41, 5.74) is 1.85. The van der Waals surface area contributed by atoms with Crippen LogP contribution in [-0.2, 0) is 7.05 Å². The number of carbonyl (C=O) groups is 1. The molecule has 3 aromatic rings. The summed E-state index contributed by atoms with van der Waals surface area (Å²) in [5, 5.41) is 13.9. The number of rotatable bonds is 6. The van der Waals surface area contributed by atoms with E-state index in [9.17, 15) is 4.79 Å². The summed E-state index contributed by atoms with van der Waals surface area (Å²) in [5.74, 6) is 0.926. The van der Waals surface area contributed by atoms with E-state index in [1.54, 1.807) is 18.7 Å². The van der Waals surface area contributed by atoms with Crippen LogP contribution in [-0.4, -0.2) is 38.9 Å². The Balaban J connectivity index is 1.63. The molecule has 0 aliphatic rings. The van der Waals surface area contributed by atoms with Gasteiger partial charge in [-0.3, -0.25) is 4.79 Å². The first-order chi connectivity index (χ1) is 11.7. The van der Waals surface area contributed by atoms with Crippen LogP contribution in [0.5, 0.6) is 0 Å². The smallest absolute Gasteiger partial charge is 0.257 e. The molecule has 24 heavy (non-hydrogen) atoms. The van der Waals surface area contributed by atoms with E-state index >= 15 is 0 Å². The Bertz CT molecular complexity index is 824. The number of carbonyl (C=O) groups excluding carboxylic acids is 1. The van der Waals surface area contributed by atoms with Crippen LogP contribution >= 0.6 is 0 Å². The van der Waals surface area contributed by atoms with E-state index in [1.165, 1.54) is 6.33 Å². The van der Waals surface area contributed by atoms with Crippen molar-refractivity contribution in [2.45, 2.75) is 6.92 Å². The molecule has 2 aromatic heterocycles. The van der Waals surface area contributed by atoms with Gasteiger partial charge in [-0.15, -0.1) is 0 Å². The zero-order valence-electron chi connectivity index (χ0n) is 13.5. The number of nitrogens with zero attached hydrogens (tertiary/aromatic N) is 4. The Kier molecular flexibility index (Phi) is 4.55. The summed E-state index contributed by atoms with van der Waals surface area (Å²) in [7, 11) is 1.79. The van der Waals surface area contributed by atoms with Crippen molar-refractivity contribution in [3.8, 4) is 11.3 Å². The first-order valence-corrected chi connectivity index (χ1v) is 7.54. The molecule has 0 radical (unpaired) electrons. The van der Waals surface area contributed by atoms with E-state index in [4.69, 9.17) is 4.52 Å². The van der Waals surface area contributed by atoms with Crippen molar-refractivity contribution in [1.82, 2.24) is 25.2 Å². The zero-order valence-corrected chi connectivity index (χ0v) is 13.5. The first-order valence-electron chi connectivity index (χ1n) is 7.54. The summed E-state index contributed by atoms with van der Waals surface area (Å²) < 4.78 is 6.83. The van der Waals surface area contributed by atoms with Crippen LogP contribution in [0.25, 0.3) is 11.3 Å². The van der Waals surface area contributed by atoms with Crippen LogP contribution in [0.2, 0.25) is 0 Å². The van der Waals surface area contributed by atoms with Crippen LogP contribution in [0.15, 0.2) is 41.2 Å². The molecule has 0 atom stereocenters. The summed E-state index contributed by atoms with van der Waals surface area (Å²) in [6, 6.07) is 9.49. The third-order valence-corrected chi connectivity index (χ3v) is 3.54. The number of hydrogen-bond donors (Lipinski definition) is 2. The number of benzene rings is 1. The number of aromatic nitrogens is 4. The molecular weight excluding hydrogens is 308 g/mol. The SMILES string of the molecule is Cc1onc(-c2ccccc2)c1C(=O)NCCNc1ncnn1C. The predicted molar refractivity (Wildman–Crippen MR) is 88.5 cm³/mol. The number of nitrogens with one attached hydrogen (secondary N) is 2. The molecule has 0 saturated carbocycles. The van der Waals surface area contributed by atoms with Crippen LogP contribution < -0.4 is 10.6 Å². The third-order valence-electron chi connectivity index (χ3n) is 3.54. The molecule has 124 valence electrons. The largest absolute Gasteiger partial charge is 0.360 e. The molecule has 0 aliphatic carbocycles. The van der Waals surface area contributed by atoms with Gasteiger partial charge in [0, 0.05) is 25.7 Å². The Morgan fingerprint density at radius 3 is 2.75 bits per heavy atom. The molecule has 8 nitrogen and oxygen atoms in total. The van der Waals surface area contributed by atoms with Crippen molar-refractivity contribution in [3.63, 3.8) is 0 Å². The lowest BCUT2D eigenvalue weighted by molar-refractivity contribution is 0.0954. The van der Waals surface area contributed by atoms with Crippen molar-refractivity contribution in [3.05, 3.63) is 48.0 Å². The van der Waals surface area contributed by atoms with Gasteiger partial charge < -0.3 is 15.2 Å². The van der Waals surface area contributed by atoms with Crippen molar-refractivity contribution in [2.24, 2.45) is 7.05 Å². The molecule has 0 unspecified atom stereocenters. The lowest BCUT2D eigenvalue weighted by atomic mass is 10.1. The van der Waals surface area contributed by atoms with Crippen molar-refractivity contribution >= 4 is 11.9 Å². The Morgan fingerprint density at radius 2 is 2.04 bits per heavy atom. The van der Waals surface area contributed by atoms with E-state index < -0.39 is 0 Å². The fourth-order valence-corrected chi connectivity index (χ4v) is 2.33. The maximum atomic E-state index is 12.5. The molecule has 0 bridgehead atoms. The Morgan fingerprint density at radius 1 is 1.25 bits per heavy atom. The van der Waals surface area contributed by atoms with Gasteiger partial charge in [0.05, 0.1) is 0 Å². The summed E-state index contributed by atoms with van der Waals surface area (Å²) in [6.07, 6.45) is 1.47. The average Bonchev–Trinajstić information content (AvgIpc) is 3.18. The molecule has 3 rings (SSSR count). The number of hydrogen-bond acceptors (Lipinski definition) is 6. The lowest BCUT2D eigenvalue weighted by Gasteiger charge is -2.07. The normalized spacial score (nSPS) is 10.6. The maximum absolute atomic E-state index is 12.5. The van der Waals surface area contributed by atoms with Gasteiger partial charge in [0.1, 0.15) is 23.3 Å². The molecule has 0 aliphatic heterocycles. The zero-order chi connectivity index (χ0) is 16.9. The second kappa shape index (κ2) is 6.95. The number of amides is 1. The second-order valence-electron chi connectivity index (χ2n) is 5.22. The van der Waals surface area contributed by atoms with Crippen LogP contribution in [0.3, 0.4) is 0 Å². The standard InChI is InChI=1S/C16H18N6O2/c1-11-13(14(21-24-11)12-6-4-3-5-7-12)15(23)17-8-9-18-16-19-10-20-22(16)2/h3-7,10H,8-9H2,1-2H3,(H,17,23)(H,18,19,20). The molecule has 0 fully saturated rings.